The Morgan fingerprint density at radius 3 is 2.67 bits per heavy atom. The number of benzene rings is 1. The highest BCUT2D eigenvalue weighted by Crippen LogP contribution is 2.22. The highest BCUT2D eigenvalue weighted by Gasteiger charge is 2.09. The van der Waals surface area contributed by atoms with Crippen LogP contribution in [-0.4, -0.2) is 23.8 Å². The van der Waals surface area contributed by atoms with Crippen molar-refractivity contribution in [1.82, 2.24) is 4.90 Å². The number of nitrogens with zero attached hydrogens (tertiary/aromatic N) is 1. The second kappa shape index (κ2) is 4.77. The fourth-order valence-electron chi connectivity index (χ4n) is 2.25. The number of rotatable bonds is 3. The molecule has 0 radical (unpaired) electrons. The molecule has 0 atom stereocenters. The smallest absolute Gasteiger partial charge is 0.0956 e. The summed E-state index contributed by atoms with van der Waals surface area (Å²) in [6.07, 6.45) is 5.13. The molecule has 0 saturated heterocycles. The third-order valence-corrected chi connectivity index (χ3v) is 3.11. The van der Waals surface area contributed by atoms with E-state index in [0.717, 1.165) is 6.54 Å². The van der Waals surface area contributed by atoms with Gasteiger partial charge in [0, 0.05) is 6.54 Å². The van der Waals surface area contributed by atoms with E-state index in [1.807, 2.05) is 11.9 Å². The van der Waals surface area contributed by atoms with E-state index in [4.69, 9.17) is 5.11 Å². The highest BCUT2D eigenvalue weighted by molar-refractivity contribution is 5.33. The molecular weight excluding hydrogens is 186 g/mol. The van der Waals surface area contributed by atoms with Crippen molar-refractivity contribution in [3.8, 4) is 0 Å². The third-order valence-electron chi connectivity index (χ3n) is 3.11. The van der Waals surface area contributed by atoms with Gasteiger partial charge in [0.25, 0.3) is 0 Å². The standard InChI is InChI=1S/C13H19NO/c1-14(10-15)9-11-6-7-12-4-2-3-5-13(12)8-11/h6-8,15H,2-5,9-10H2,1H3. The average molecular weight is 205 g/mol. The van der Waals surface area contributed by atoms with Crippen LogP contribution in [0, 0.1) is 0 Å². The minimum absolute atomic E-state index is 0.122. The van der Waals surface area contributed by atoms with Crippen molar-refractivity contribution in [2.24, 2.45) is 0 Å². The number of aryl methyl sites for hydroxylation is 2. The predicted octanol–water partition coefficient (Wildman–Crippen LogP) is 1.95. The zero-order valence-corrected chi connectivity index (χ0v) is 9.37. The summed E-state index contributed by atoms with van der Waals surface area (Å²) in [5, 5.41) is 8.96. The van der Waals surface area contributed by atoms with E-state index >= 15 is 0 Å². The number of hydrogen-bond donors (Lipinski definition) is 1. The molecule has 1 aliphatic rings. The molecule has 0 unspecified atom stereocenters. The lowest BCUT2D eigenvalue weighted by atomic mass is 9.90. The molecule has 0 bridgehead atoms. The first-order chi connectivity index (χ1) is 7.29. The van der Waals surface area contributed by atoms with Crippen molar-refractivity contribution < 1.29 is 5.11 Å². The molecule has 0 heterocycles. The van der Waals surface area contributed by atoms with Crippen LogP contribution in [0.2, 0.25) is 0 Å². The van der Waals surface area contributed by atoms with Crippen LogP contribution < -0.4 is 0 Å². The maximum Gasteiger partial charge on any atom is 0.0956 e. The minimum Gasteiger partial charge on any atom is -0.381 e. The molecule has 0 amide bonds. The van der Waals surface area contributed by atoms with Crippen LogP contribution in [-0.2, 0) is 19.4 Å². The molecule has 1 aromatic rings. The Kier molecular flexibility index (Phi) is 3.39. The van der Waals surface area contributed by atoms with Gasteiger partial charge >= 0.3 is 0 Å². The third kappa shape index (κ3) is 2.58. The van der Waals surface area contributed by atoms with Crippen molar-refractivity contribution in [1.29, 1.82) is 0 Å². The summed E-state index contributed by atoms with van der Waals surface area (Å²) >= 11 is 0. The molecule has 0 saturated carbocycles. The average Bonchev–Trinajstić information content (AvgIpc) is 2.29. The Morgan fingerprint density at radius 2 is 1.93 bits per heavy atom. The lowest BCUT2D eigenvalue weighted by Crippen LogP contribution is -2.18. The van der Waals surface area contributed by atoms with Gasteiger partial charge in [-0.1, -0.05) is 18.2 Å². The number of fused-ring (bicyclic) bond motifs is 1. The second-order valence-corrected chi connectivity index (χ2v) is 4.47. The molecule has 82 valence electrons. The monoisotopic (exact) mass is 205 g/mol. The van der Waals surface area contributed by atoms with Crippen molar-refractivity contribution >= 4 is 0 Å². The maximum absolute atomic E-state index is 8.96. The van der Waals surface area contributed by atoms with Gasteiger partial charge in [0.1, 0.15) is 0 Å². The minimum atomic E-state index is 0.122. The van der Waals surface area contributed by atoms with Crippen molar-refractivity contribution in [3.63, 3.8) is 0 Å². The van der Waals surface area contributed by atoms with Gasteiger partial charge in [-0.25, -0.2) is 0 Å². The lowest BCUT2D eigenvalue weighted by Gasteiger charge is -2.18. The zero-order valence-electron chi connectivity index (χ0n) is 9.37. The Balaban J connectivity index is 2.13. The summed E-state index contributed by atoms with van der Waals surface area (Å²) in [5.41, 5.74) is 4.36. The van der Waals surface area contributed by atoms with Gasteiger partial charge in [-0.05, 0) is 49.4 Å². The number of aliphatic hydroxyl groups excluding tert-OH is 1. The van der Waals surface area contributed by atoms with Crippen molar-refractivity contribution in [3.05, 3.63) is 34.9 Å². The first-order valence-electron chi connectivity index (χ1n) is 5.69. The number of hydrogen-bond acceptors (Lipinski definition) is 2. The quantitative estimate of drug-likeness (QED) is 0.762. The van der Waals surface area contributed by atoms with Gasteiger partial charge < -0.3 is 5.11 Å². The zero-order chi connectivity index (χ0) is 10.7. The molecule has 1 aromatic carbocycles. The summed E-state index contributed by atoms with van der Waals surface area (Å²) < 4.78 is 0. The topological polar surface area (TPSA) is 23.5 Å². The van der Waals surface area contributed by atoms with E-state index in [0.29, 0.717) is 0 Å². The molecule has 15 heavy (non-hydrogen) atoms. The van der Waals surface area contributed by atoms with Crippen LogP contribution in [0.3, 0.4) is 0 Å². The van der Waals surface area contributed by atoms with Crippen LogP contribution in [0.25, 0.3) is 0 Å². The first kappa shape index (κ1) is 10.7. The SMILES string of the molecule is CN(CO)Cc1ccc2c(c1)CCCC2. The molecule has 2 nitrogen and oxygen atoms in total. The van der Waals surface area contributed by atoms with Crippen molar-refractivity contribution in [2.45, 2.75) is 32.2 Å². The summed E-state index contributed by atoms with van der Waals surface area (Å²) in [6.45, 7) is 0.959. The van der Waals surface area contributed by atoms with E-state index in [1.54, 1.807) is 0 Å². The summed E-state index contributed by atoms with van der Waals surface area (Å²) in [7, 11) is 1.93. The molecule has 1 N–H and O–H groups in total. The molecule has 0 spiro atoms. The number of aliphatic hydroxyl groups is 1. The largest absolute Gasteiger partial charge is 0.381 e. The summed E-state index contributed by atoms with van der Waals surface area (Å²) in [5.74, 6) is 0. The first-order valence-corrected chi connectivity index (χ1v) is 5.69. The predicted molar refractivity (Wildman–Crippen MR) is 61.6 cm³/mol. The lowest BCUT2D eigenvalue weighted by molar-refractivity contribution is 0.127. The van der Waals surface area contributed by atoms with E-state index in [9.17, 15) is 0 Å². The van der Waals surface area contributed by atoms with E-state index < -0.39 is 0 Å². The normalized spacial score (nSPS) is 15.4. The molecule has 2 heteroatoms. The van der Waals surface area contributed by atoms with Gasteiger partial charge in [0.05, 0.1) is 6.73 Å². The van der Waals surface area contributed by atoms with Crippen LogP contribution in [0.4, 0.5) is 0 Å². The molecular formula is C13H19NO. The van der Waals surface area contributed by atoms with E-state index in [1.165, 1.54) is 42.4 Å². The van der Waals surface area contributed by atoms with Crippen LogP contribution in [0.5, 0.6) is 0 Å². The Hall–Kier alpha value is -0.860. The Bertz CT molecular complexity index is 335. The Labute approximate surface area is 91.5 Å². The summed E-state index contributed by atoms with van der Waals surface area (Å²) in [4.78, 5) is 1.91. The Morgan fingerprint density at radius 1 is 1.20 bits per heavy atom. The van der Waals surface area contributed by atoms with E-state index in [2.05, 4.69) is 18.2 Å². The molecule has 2 rings (SSSR count). The fraction of sp³-hybridized carbons (Fsp3) is 0.538. The summed E-state index contributed by atoms with van der Waals surface area (Å²) in [6, 6.07) is 6.76. The van der Waals surface area contributed by atoms with Gasteiger partial charge in [-0.15, -0.1) is 0 Å². The van der Waals surface area contributed by atoms with E-state index in [-0.39, 0.29) is 6.73 Å². The molecule has 1 aliphatic carbocycles. The second-order valence-electron chi connectivity index (χ2n) is 4.47. The van der Waals surface area contributed by atoms with Crippen LogP contribution in [0.1, 0.15) is 29.5 Å². The van der Waals surface area contributed by atoms with Gasteiger partial charge in [0.15, 0.2) is 0 Å². The highest BCUT2D eigenvalue weighted by atomic mass is 16.3. The molecule has 0 aliphatic heterocycles. The van der Waals surface area contributed by atoms with Gasteiger partial charge in [0.2, 0.25) is 0 Å². The maximum atomic E-state index is 8.96. The van der Waals surface area contributed by atoms with Gasteiger partial charge in [-0.3, -0.25) is 4.90 Å². The van der Waals surface area contributed by atoms with Crippen LogP contribution in [0.15, 0.2) is 18.2 Å². The molecule has 0 aromatic heterocycles. The molecule has 0 fully saturated rings. The van der Waals surface area contributed by atoms with Crippen molar-refractivity contribution in [2.75, 3.05) is 13.8 Å². The van der Waals surface area contributed by atoms with Gasteiger partial charge in [-0.2, -0.15) is 0 Å². The fourth-order valence-corrected chi connectivity index (χ4v) is 2.25. The van der Waals surface area contributed by atoms with Crippen LogP contribution >= 0.6 is 0 Å².